The van der Waals surface area contributed by atoms with Gasteiger partial charge < -0.3 is 36.5 Å². The molecule has 11 heteroatoms. The molecule has 2 atom stereocenters. The fourth-order valence-corrected chi connectivity index (χ4v) is 3.95. The Morgan fingerprint density at radius 1 is 0.927 bits per heavy atom. The van der Waals surface area contributed by atoms with Crippen LogP contribution >= 0.6 is 0 Å². The first-order valence-electron chi connectivity index (χ1n) is 14.6. The van der Waals surface area contributed by atoms with Crippen molar-refractivity contribution in [2.24, 2.45) is 17.4 Å². The second-order valence-electron chi connectivity index (χ2n) is 11.2. The van der Waals surface area contributed by atoms with E-state index < -0.39 is 23.7 Å². The van der Waals surface area contributed by atoms with Gasteiger partial charge in [-0.05, 0) is 77.9 Å². The van der Waals surface area contributed by atoms with Crippen molar-refractivity contribution < 1.29 is 28.7 Å². The van der Waals surface area contributed by atoms with Gasteiger partial charge in [-0.15, -0.1) is 0 Å². The Morgan fingerprint density at radius 3 is 2.15 bits per heavy atom. The summed E-state index contributed by atoms with van der Waals surface area (Å²) in [4.78, 5) is 52.3. The van der Waals surface area contributed by atoms with E-state index in [0.29, 0.717) is 71.2 Å². The number of esters is 1. The van der Waals surface area contributed by atoms with E-state index in [2.05, 4.69) is 10.6 Å². The van der Waals surface area contributed by atoms with Crippen LogP contribution < -0.4 is 22.1 Å². The van der Waals surface area contributed by atoms with Gasteiger partial charge in [-0.3, -0.25) is 14.4 Å². The van der Waals surface area contributed by atoms with Crippen molar-refractivity contribution in [3.8, 4) is 0 Å². The van der Waals surface area contributed by atoms with Crippen molar-refractivity contribution in [3.63, 3.8) is 0 Å². The summed E-state index contributed by atoms with van der Waals surface area (Å²) in [6, 6.07) is 8.66. The van der Waals surface area contributed by atoms with E-state index in [0.717, 1.165) is 5.56 Å². The highest BCUT2D eigenvalue weighted by atomic mass is 16.6. The summed E-state index contributed by atoms with van der Waals surface area (Å²) in [5.41, 5.74) is 11.6. The number of carbonyl (C=O) groups is 4. The normalized spacial score (nSPS) is 12.6. The summed E-state index contributed by atoms with van der Waals surface area (Å²) in [6.07, 6.45) is 2.75. The average molecular weight is 578 g/mol. The van der Waals surface area contributed by atoms with Crippen LogP contribution in [0.5, 0.6) is 0 Å². The Balaban J connectivity index is 2.66. The van der Waals surface area contributed by atoms with Gasteiger partial charge in [-0.2, -0.15) is 0 Å². The van der Waals surface area contributed by atoms with Crippen LogP contribution in [0, 0.1) is 5.92 Å². The molecule has 1 rings (SSSR count). The second kappa shape index (κ2) is 19.8. The fourth-order valence-electron chi connectivity index (χ4n) is 3.95. The molecule has 0 aromatic heterocycles. The minimum absolute atomic E-state index is 0.0879. The molecule has 0 saturated carbocycles. The van der Waals surface area contributed by atoms with E-state index in [1.165, 1.54) is 0 Å². The monoisotopic (exact) mass is 577 g/mol. The van der Waals surface area contributed by atoms with Crippen molar-refractivity contribution in [3.05, 3.63) is 35.9 Å². The van der Waals surface area contributed by atoms with Crippen LogP contribution in [0.3, 0.4) is 0 Å². The predicted molar refractivity (Wildman–Crippen MR) is 159 cm³/mol. The van der Waals surface area contributed by atoms with Crippen LogP contribution in [-0.4, -0.2) is 73.1 Å². The number of hydrogen-bond donors (Lipinski definition) is 4. The molecular formula is C30H51N5O6. The molecule has 0 aliphatic heterocycles. The molecule has 0 heterocycles. The lowest BCUT2D eigenvalue weighted by Gasteiger charge is -2.28. The number of hydrogen-bond acceptors (Lipinski definition) is 8. The molecule has 1 aromatic carbocycles. The van der Waals surface area contributed by atoms with E-state index in [1.54, 1.807) is 32.6 Å². The van der Waals surface area contributed by atoms with Crippen molar-refractivity contribution in [2.75, 3.05) is 32.7 Å². The van der Waals surface area contributed by atoms with E-state index in [1.807, 2.05) is 30.3 Å². The minimum atomic E-state index is -0.736. The molecule has 0 fully saturated rings. The number of rotatable bonds is 19. The van der Waals surface area contributed by atoms with Crippen LogP contribution in [0.1, 0.15) is 78.2 Å². The smallest absolute Gasteiger partial charge is 0.407 e. The van der Waals surface area contributed by atoms with Crippen LogP contribution in [0.15, 0.2) is 30.3 Å². The third-order valence-corrected chi connectivity index (χ3v) is 6.22. The van der Waals surface area contributed by atoms with Gasteiger partial charge in [0.05, 0.1) is 5.92 Å². The molecule has 0 bridgehead atoms. The molecule has 11 nitrogen and oxygen atoms in total. The number of nitrogens with one attached hydrogen (secondary N) is 2. The molecule has 3 amide bonds. The molecule has 1 unspecified atom stereocenters. The van der Waals surface area contributed by atoms with Gasteiger partial charge in [0.15, 0.2) is 0 Å². The predicted octanol–water partition coefficient (Wildman–Crippen LogP) is 2.85. The number of ether oxygens (including phenoxy) is 2. The van der Waals surface area contributed by atoms with Gasteiger partial charge in [-0.1, -0.05) is 37.3 Å². The van der Waals surface area contributed by atoms with Gasteiger partial charge in [0.2, 0.25) is 11.8 Å². The molecule has 0 spiro atoms. The quantitative estimate of drug-likeness (QED) is 0.144. The lowest BCUT2D eigenvalue weighted by Crippen LogP contribution is -2.49. The molecule has 232 valence electrons. The third kappa shape index (κ3) is 16.6. The molecule has 0 saturated heterocycles. The number of alkyl carbamates (subject to hydrolysis) is 1. The number of carbonyl (C=O) groups excluding carboxylic acids is 4. The Bertz CT molecular complexity index is 914. The summed E-state index contributed by atoms with van der Waals surface area (Å²) in [5, 5.41) is 5.59. The van der Waals surface area contributed by atoms with Crippen LogP contribution in [-0.2, 0) is 30.5 Å². The first kappa shape index (κ1) is 35.8. The molecule has 6 N–H and O–H groups in total. The number of benzene rings is 1. The number of unbranched alkanes of at least 4 members (excludes halogenated alkanes) is 1. The Kier molecular flexibility index (Phi) is 17.3. The summed E-state index contributed by atoms with van der Waals surface area (Å²) < 4.78 is 10.6. The van der Waals surface area contributed by atoms with Crippen LogP contribution in [0.4, 0.5) is 4.79 Å². The lowest BCUT2D eigenvalue weighted by atomic mass is 10.0. The van der Waals surface area contributed by atoms with Gasteiger partial charge in [0.1, 0.15) is 18.2 Å². The third-order valence-electron chi connectivity index (χ3n) is 6.22. The van der Waals surface area contributed by atoms with Crippen LogP contribution in [0.25, 0.3) is 0 Å². The van der Waals surface area contributed by atoms with E-state index in [9.17, 15) is 19.2 Å². The largest absolute Gasteiger partial charge is 0.460 e. The lowest BCUT2D eigenvalue weighted by molar-refractivity contribution is -0.159. The fraction of sp³-hybridized carbons (Fsp3) is 0.667. The minimum Gasteiger partial charge on any atom is -0.460 e. The SMILES string of the molecule is CC(CCC(=O)N[C@@H](CCCCNC(=O)OCc1ccccc1)C(=O)N(CCCN)CCCN)C(=O)OC(C)(C)C. The zero-order valence-corrected chi connectivity index (χ0v) is 25.3. The molecule has 0 radical (unpaired) electrons. The topological polar surface area (TPSA) is 166 Å². The summed E-state index contributed by atoms with van der Waals surface area (Å²) in [5.74, 6) is -1.30. The van der Waals surface area contributed by atoms with Gasteiger partial charge in [-0.25, -0.2) is 4.79 Å². The highest BCUT2D eigenvalue weighted by Gasteiger charge is 2.27. The zero-order valence-electron chi connectivity index (χ0n) is 25.3. The molecule has 41 heavy (non-hydrogen) atoms. The average Bonchev–Trinajstić information content (AvgIpc) is 2.93. The van der Waals surface area contributed by atoms with Crippen molar-refractivity contribution in [1.82, 2.24) is 15.5 Å². The standard InChI is InChI=1S/C30H51N5O6/c1-23(28(38)41-30(2,3)4)15-16-26(36)34-25(27(37)35(20-10-17-31)21-11-18-32)14-8-9-19-33-29(39)40-22-24-12-6-5-7-13-24/h5-7,12-13,23,25H,8-11,14-22,31-32H2,1-4H3,(H,33,39)(H,34,36)/t23?,25-/m0/s1. The van der Waals surface area contributed by atoms with Gasteiger partial charge in [0, 0.05) is 26.1 Å². The summed E-state index contributed by atoms with van der Waals surface area (Å²) in [6.45, 7) is 9.52. The molecule has 0 aliphatic rings. The highest BCUT2D eigenvalue weighted by molar-refractivity contribution is 5.87. The van der Waals surface area contributed by atoms with E-state index >= 15 is 0 Å². The van der Waals surface area contributed by atoms with E-state index in [4.69, 9.17) is 20.9 Å². The van der Waals surface area contributed by atoms with Crippen LogP contribution in [0.2, 0.25) is 0 Å². The van der Waals surface area contributed by atoms with Gasteiger partial charge >= 0.3 is 12.1 Å². The Hall–Kier alpha value is -3.18. The Labute approximate surface area is 245 Å². The first-order valence-corrected chi connectivity index (χ1v) is 14.6. The molecule has 0 aliphatic carbocycles. The second-order valence-corrected chi connectivity index (χ2v) is 11.2. The summed E-state index contributed by atoms with van der Waals surface area (Å²) in [7, 11) is 0. The number of nitrogens with two attached hydrogens (primary N) is 2. The summed E-state index contributed by atoms with van der Waals surface area (Å²) >= 11 is 0. The van der Waals surface area contributed by atoms with Crippen molar-refractivity contribution in [1.29, 1.82) is 0 Å². The van der Waals surface area contributed by atoms with Crippen molar-refractivity contribution in [2.45, 2.75) is 90.9 Å². The Morgan fingerprint density at radius 2 is 1.56 bits per heavy atom. The van der Waals surface area contributed by atoms with E-state index in [-0.39, 0.29) is 30.8 Å². The number of nitrogens with zero attached hydrogens (tertiary/aromatic N) is 1. The van der Waals surface area contributed by atoms with Crippen molar-refractivity contribution >= 4 is 23.9 Å². The molecular weight excluding hydrogens is 526 g/mol. The zero-order chi connectivity index (χ0) is 30.7. The maximum atomic E-state index is 13.5. The highest BCUT2D eigenvalue weighted by Crippen LogP contribution is 2.15. The maximum Gasteiger partial charge on any atom is 0.407 e. The first-order chi connectivity index (χ1) is 19.5. The van der Waals surface area contributed by atoms with Gasteiger partial charge in [0.25, 0.3) is 0 Å². The molecule has 1 aromatic rings. The maximum absolute atomic E-state index is 13.5. The number of amides is 3.